The first-order valence-electron chi connectivity index (χ1n) is 4.31. The van der Waals surface area contributed by atoms with E-state index in [9.17, 15) is 4.79 Å². The molecule has 0 aromatic carbocycles. The number of anilines is 1. The minimum absolute atomic E-state index is 0.215. The van der Waals surface area contributed by atoms with Gasteiger partial charge in [0.25, 0.3) is 5.56 Å². The molecule has 0 radical (unpaired) electrons. The lowest BCUT2D eigenvalue weighted by molar-refractivity contribution is 1.00. The molecule has 2 heterocycles. The zero-order valence-corrected chi connectivity index (χ0v) is 9.04. The van der Waals surface area contributed by atoms with E-state index in [1.807, 2.05) is 0 Å². The zero-order chi connectivity index (χ0) is 11.0. The van der Waals surface area contributed by atoms with Gasteiger partial charge >= 0.3 is 0 Å². The van der Waals surface area contributed by atoms with Gasteiger partial charge in [-0.1, -0.05) is 11.6 Å². The highest BCUT2D eigenvalue weighted by atomic mass is 35.5. The molecule has 78 valence electrons. The van der Waals surface area contributed by atoms with Gasteiger partial charge in [0, 0.05) is 26.4 Å². The smallest absolute Gasteiger partial charge is 0.261 e. The molecule has 0 aliphatic carbocycles. The predicted molar refractivity (Wildman–Crippen MR) is 59.5 cm³/mol. The first-order chi connectivity index (χ1) is 7.08. The van der Waals surface area contributed by atoms with E-state index in [-0.39, 0.29) is 5.56 Å². The Balaban J connectivity index is 2.80. The van der Waals surface area contributed by atoms with E-state index in [2.05, 4.69) is 15.0 Å². The Bertz CT molecular complexity index is 564. The lowest BCUT2D eigenvalue weighted by Gasteiger charge is -2.10. The molecule has 0 saturated carbocycles. The van der Waals surface area contributed by atoms with Crippen LogP contribution in [0.2, 0.25) is 5.15 Å². The Morgan fingerprint density at radius 2 is 2.20 bits per heavy atom. The topological polar surface area (TPSA) is 61.9 Å². The first-order valence-corrected chi connectivity index (χ1v) is 4.68. The number of aromatic amines is 1. The maximum Gasteiger partial charge on any atom is 0.261 e. The molecule has 0 saturated heterocycles. The lowest BCUT2D eigenvalue weighted by Crippen LogP contribution is -2.18. The van der Waals surface area contributed by atoms with Crippen molar-refractivity contribution in [2.45, 2.75) is 0 Å². The number of H-pyrrole nitrogens is 1. The second-order valence-electron chi connectivity index (χ2n) is 3.31. The predicted octanol–water partition coefficient (Wildman–Crippen LogP) is 1.04. The maximum absolute atomic E-state index is 11.6. The molecule has 0 fully saturated rings. The van der Waals surface area contributed by atoms with Gasteiger partial charge in [0.05, 0.1) is 10.9 Å². The van der Waals surface area contributed by atoms with Crippen LogP contribution in [0.15, 0.2) is 17.1 Å². The van der Waals surface area contributed by atoms with Gasteiger partial charge in [-0.2, -0.15) is 0 Å². The number of pyridine rings is 1. The number of aromatic nitrogens is 3. The van der Waals surface area contributed by atoms with Crippen LogP contribution in [0.1, 0.15) is 0 Å². The van der Waals surface area contributed by atoms with Crippen LogP contribution in [0, 0.1) is 0 Å². The third kappa shape index (κ3) is 1.78. The van der Waals surface area contributed by atoms with Crippen LogP contribution in [-0.2, 0) is 0 Å². The molecule has 0 aliphatic rings. The minimum Gasteiger partial charge on any atom is -0.348 e. The van der Waals surface area contributed by atoms with E-state index in [0.717, 1.165) is 0 Å². The van der Waals surface area contributed by atoms with Gasteiger partial charge in [-0.3, -0.25) is 9.78 Å². The van der Waals surface area contributed by atoms with Crippen LogP contribution >= 0.6 is 11.6 Å². The first kappa shape index (κ1) is 9.92. The lowest BCUT2D eigenvalue weighted by atomic mass is 10.3. The quantitative estimate of drug-likeness (QED) is 0.736. The summed E-state index contributed by atoms with van der Waals surface area (Å²) in [5.41, 5.74) is 0.329. The van der Waals surface area contributed by atoms with Crippen LogP contribution in [-0.4, -0.2) is 29.0 Å². The summed E-state index contributed by atoms with van der Waals surface area (Å²) in [6.07, 6.45) is 1.42. The fourth-order valence-corrected chi connectivity index (χ4v) is 1.36. The summed E-state index contributed by atoms with van der Waals surface area (Å²) >= 11 is 5.73. The highest BCUT2D eigenvalue weighted by Crippen LogP contribution is 2.13. The van der Waals surface area contributed by atoms with E-state index in [1.165, 1.54) is 6.20 Å². The van der Waals surface area contributed by atoms with Gasteiger partial charge in [0.1, 0.15) is 5.15 Å². The molecular weight excluding hydrogens is 216 g/mol. The van der Waals surface area contributed by atoms with Crippen LogP contribution in [0.5, 0.6) is 0 Å². The minimum atomic E-state index is -0.215. The summed E-state index contributed by atoms with van der Waals surface area (Å²) in [7, 11) is 3.60. The summed E-state index contributed by atoms with van der Waals surface area (Å²) < 4.78 is 0. The molecule has 0 spiro atoms. The number of nitrogens with one attached hydrogen (secondary N) is 1. The van der Waals surface area contributed by atoms with Crippen molar-refractivity contribution < 1.29 is 0 Å². The number of halogens is 1. The summed E-state index contributed by atoms with van der Waals surface area (Å²) in [5.74, 6) is 0.495. The molecule has 15 heavy (non-hydrogen) atoms. The largest absolute Gasteiger partial charge is 0.348 e. The van der Waals surface area contributed by atoms with Crippen LogP contribution in [0.25, 0.3) is 10.9 Å². The third-order valence-electron chi connectivity index (χ3n) is 1.97. The fraction of sp³-hybridized carbons (Fsp3) is 0.222. The SMILES string of the molecule is CN(C)c1nc2cc(Cl)ncc2c(=O)[nH]1. The van der Waals surface area contributed by atoms with Crippen LogP contribution in [0.3, 0.4) is 0 Å². The van der Waals surface area contributed by atoms with Crippen molar-refractivity contribution in [2.24, 2.45) is 0 Å². The Morgan fingerprint density at radius 3 is 2.87 bits per heavy atom. The molecule has 0 unspecified atom stereocenters. The molecule has 6 heteroatoms. The van der Waals surface area contributed by atoms with Crippen molar-refractivity contribution in [2.75, 3.05) is 19.0 Å². The summed E-state index contributed by atoms with van der Waals surface area (Å²) in [6, 6.07) is 1.57. The van der Waals surface area contributed by atoms with Crippen LogP contribution in [0.4, 0.5) is 5.95 Å². The highest BCUT2D eigenvalue weighted by Gasteiger charge is 2.05. The average Bonchev–Trinajstić information content (AvgIpc) is 2.16. The van der Waals surface area contributed by atoms with Gasteiger partial charge < -0.3 is 4.90 Å². The van der Waals surface area contributed by atoms with E-state index >= 15 is 0 Å². The van der Waals surface area contributed by atoms with Gasteiger partial charge in [0.2, 0.25) is 5.95 Å². The number of hydrogen-bond donors (Lipinski definition) is 1. The van der Waals surface area contributed by atoms with Crippen molar-refractivity contribution in [1.82, 2.24) is 15.0 Å². The fourth-order valence-electron chi connectivity index (χ4n) is 1.21. The van der Waals surface area contributed by atoms with Crippen LogP contribution < -0.4 is 10.5 Å². The second kappa shape index (κ2) is 3.51. The summed E-state index contributed by atoms with van der Waals surface area (Å²) in [4.78, 5) is 24.0. The third-order valence-corrected chi connectivity index (χ3v) is 2.18. The van der Waals surface area contributed by atoms with Crippen molar-refractivity contribution in [3.63, 3.8) is 0 Å². The molecule has 2 aromatic rings. The van der Waals surface area contributed by atoms with Gasteiger partial charge in [-0.25, -0.2) is 9.97 Å². The Kier molecular flexibility index (Phi) is 2.32. The van der Waals surface area contributed by atoms with Gasteiger partial charge in [0.15, 0.2) is 0 Å². The Morgan fingerprint density at radius 1 is 1.47 bits per heavy atom. The van der Waals surface area contributed by atoms with Crippen molar-refractivity contribution in [3.8, 4) is 0 Å². The molecule has 0 atom stereocenters. The molecule has 0 amide bonds. The van der Waals surface area contributed by atoms with E-state index in [4.69, 9.17) is 11.6 Å². The zero-order valence-electron chi connectivity index (χ0n) is 8.28. The second-order valence-corrected chi connectivity index (χ2v) is 3.70. The normalized spacial score (nSPS) is 10.6. The molecule has 5 nitrogen and oxygen atoms in total. The Hall–Kier alpha value is -1.62. The average molecular weight is 225 g/mol. The summed E-state index contributed by atoms with van der Waals surface area (Å²) in [5, 5.41) is 0.760. The number of rotatable bonds is 1. The van der Waals surface area contributed by atoms with Crippen molar-refractivity contribution in [3.05, 3.63) is 27.8 Å². The number of hydrogen-bond acceptors (Lipinski definition) is 4. The molecule has 2 rings (SSSR count). The van der Waals surface area contributed by atoms with Crippen molar-refractivity contribution in [1.29, 1.82) is 0 Å². The monoisotopic (exact) mass is 224 g/mol. The maximum atomic E-state index is 11.6. The Labute approximate surface area is 90.7 Å². The molecule has 0 bridgehead atoms. The number of fused-ring (bicyclic) bond motifs is 1. The van der Waals surface area contributed by atoms with E-state index in [0.29, 0.717) is 22.0 Å². The molecular formula is C9H9ClN4O. The van der Waals surface area contributed by atoms with Gasteiger partial charge in [-0.15, -0.1) is 0 Å². The summed E-state index contributed by atoms with van der Waals surface area (Å²) in [6.45, 7) is 0. The van der Waals surface area contributed by atoms with E-state index < -0.39 is 0 Å². The highest BCUT2D eigenvalue weighted by molar-refractivity contribution is 6.29. The number of nitrogens with zero attached hydrogens (tertiary/aromatic N) is 3. The molecule has 1 N–H and O–H groups in total. The van der Waals surface area contributed by atoms with E-state index in [1.54, 1.807) is 25.1 Å². The standard InChI is InChI=1S/C9H9ClN4O/c1-14(2)9-12-6-3-7(10)11-4-5(6)8(15)13-9/h3-4H,1-2H3,(H,12,13,15). The van der Waals surface area contributed by atoms with Crippen molar-refractivity contribution >= 4 is 28.5 Å². The van der Waals surface area contributed by atoms with Gasteiger partial charge in [-0.05, 0) is 0 Å². The molecule has 2 aromatic heterocycles. The molecule has 0 aliphatic heterocycles.